The Hall–Kier alpha value is -1.92. The highest BCUT2D eigenvalue weighted by molar-refractivity contribution is 9.10. The molecule has 22 heavy (non-hydrogen) atoms. The van der Waals surface area contributed by atoms with E-state index in [1.54, 1.807) is 22.2 Å². The molecule has 0 aliphatic rings. The second-order valence-electron chi connectivity index (χ2n) is 4.77. The minimum absolute atomic E-state index is 0.0312. The Morgan fingerprint density at radius 3 is 2.86 bits per heavy atom. The van der Waals surface area contributed by atoms with Crippen LogP contribution in [-0.4, -0.2) is 15.7 Å². The maximum atomic E-state index is 12.1. The molecule has 0 aliphatic heterocycles. The van der Waals surface area contributed by atoms with E-state index in [-0.39, 0.29) is 5.91 Å². The molecular weight excluding hydrogens is 362 g/mol. The molecule has 1 aromatic carbocycles. The van der Waals surface area contributed by atoms with Crippen molar-refractivity contribution < 1.29 is 4.79 Å². The van der Waals surface area contributed by atoms with Gasteiger partial charge in [0.05, 0.1) is 19.2 Å². The van der Waals surface area contributed by atoms with Crippen LogP contribution in [0.1, 0.15) is 10.4 Å². The molecule has 6 heteroatoms. The van der Waals surface area contributed by atoms with Crippen molar-refractivity contribution in [1.29, 1.82) is 0 Å². The lowest BCUT2D eigenvalue weighted by Gasteiger charge is -2.10. The van der Waals surface area contributed by atoms with Crippen LogP contribution in [0.5, 0.6) is 0 Å². The van der Waals surface area contributed by atoms with Crippen molar-refractivity contribution >= 4 is 39.0 Å². The van der Waals surface area contributed by atoms with Gasteiger partial charge in [0.2, 0.25) is 5.91 Å². The molecule has 3 aromatic rings. The fraction of sp³-hybridized carbons (Fsp3) is 0.125. The van der Waals surface area contributed by atoms with Crippen molar-refractivity contribution in [2.75, 3.05) is 5.32 Å². The van der Waals surface area contributed by atoms with Gasteiger partial charge in [0, 0.05) is 15.4 Å². The molecule has 0 saturated heterocycles. The molecule has 4 nitrogen and oxygen atoms in total. The Bertz CT molecular complexity index is 767. The number of rotatable bonds is 5. The van der Waals surface area contributed by atoms with Gasteiger partial charge in [0.1, 0.15) is 5.82 Å². The predicted molar refractivity (Wildman–Crippen MR) is 92.1 cm³/mol. The average molecular weight is 376 g/mol. The number of halogens is 1. The maximum absolute atomic E-state index is 12.1. The van der Waals surface area contributed by atoms with E-state index < -0.39 is 0 Å². The summed E-state index contributed by atoms with van der Waals surface area (Å²) in [7, 11) is 0. The number of benzene rings is 1. The topological polar surface area (TPSA) is 46.9 Å². The van der Waals surface area contributed by atoms with Crippen LogP contribution < -0.4 is 5.32 Å². The van der Waals surface area contributed by atoms with E-state index in [0.29, 0.717) is 18.8 Å². The van der Waals surface area contributed by atoms with Gasteiger partial charge in [-0.05, 0) is 23.1 Å². The smallest absolute Gasteiger partial charge is 0.230 e. The summed E-state index contributed by atoms with van der Waals surface area (Å²) in [5.41, 5.74) is 1.11. The average Bonchev–Trinajstić information content (AvgIpc) is 3.14. The molecular formula is C16H14BrN3OS. The van der Waals surface area contributed by atoms with E-state index in [4.69, 9.17) is 0 Å². The molecule has 0 unspecified atom stereocenters. The first-order chi connectivity index (χ1) is 10.7. The lowest BCUT2D eigenvalue weighted by atomic mass is 10.2. The van der Waals surface area contributed by atoms with Crippen LogP contribution in [0.3, 0.4) is 0 Å². The summed E-state index contributed by atoms with van der Waals surface area (Å²) in [6.07, 6.45) is 2.08. The van der Waals surface area contributed by atoms with Crippen molar-refractivity contribution in [1.82, 2.24) is 9.78 Å². The molecule has 1 N–H and O–H groups in total. The molecule has 2 aromatic heterocycles. The fourth-order valence-electron chi connectivity index (χ4n) is 2.11. The normalized spacial score (nSPS) is 10.6. The summed E-state index contributed by atoms with van der Waals surface area (Å²) in [4.78, 5) is 13.1. The number of hydrogen-bond donors (Lipinski definition) is 1. The number of amides is 1. The van der Waals surface area contributed by atoms with Crippen LogP contribution in [0.15, 0.2) is 58.5 Å². The van der Waals surface area contributed by atoms with E-state index in [9.17, 15) is 4.79 Å². The van der Waals surface area contributed by atoms with Crippen LogP contribution in [-0.2, 0) is 17.8 Å². The zero-order chi connectivity index (χ0) is 15.4. The zero-order valence-electron chi connectivity index (χ0n) is 11.7. The predicted octanol–water partition coefficient (Wildman–Crippen LogP) is 3.94. The van der Waals surface area contributed by atoms with Gasteiger partial charge in [-0.3, -0.25) is 4.79 Å². The summed E-state index contributed by atoms with van der Waals surface area (Å²) in [6, 6.07) is 13.7. The number of anilines is 1. The molecule has 0 fully saturated rings. The van der Waals surface area contributed by atoms with Crippen LogP contribution in [0.2, 0.25) is 0 Å². The van der Waals surface area contributed by atoms with Crippen molar-refractivity contribution in [3.8, 4) is 0 Å². The molecule has 0 bridgehead atoms. The third-order valence-electron chi connectivity index (χ3n) is 3.18. The summed E-state index contributed by atoms with van der Waals surface area (Å²) >= 11 is 5.11. The molecule has 0 spiro atoms. The maximum Gasteiger partial charge on any atom is 0.230 e. The van der Waals surface area contributed by atoms with Gasteiger partial charge in [-0.15, -0.1) is 11.3 Å². The zero-order valence-corrected chi connectivity index (χ0v) is 14.1. The van der Waals surface area contributed by atoms with Crippen LogP contribution in [0, 0.1) is 0 Å². The second-order valence-corrected chi connectivity index (χ2v) is 6.66. The van der Waals surface area contributed by atoms with Gasteiger partial charge in [0.15, 0.2) is 0 Å². The molecule has 0 atom stereocenters. The van der Waals surface area contributed by atoms with Crippen molar-refractivity contribution in [2.45, 2.75) is 13.0 Å². The highest BCUT2D eigenvalue weighted by Crippen LogP contribution is 2.19. The highest BCUT2D eigenvalue weighted by Gasteiger charge is 2.10. The molecule has 1 amide bonds. The largest absolute Gasteiger partial charge is 0.311 e. The summed E-state index contributed by atoms with van der Waals surface area (Å²) in [5.74, 6) is 0.675. The van der Waals surface area contributed by atoms with Gasteiger partial charge in [-0.2, -0.15) is 5.10 Å². The summed E-state index contributed by atoms with van der Waals surface area (Å²) in [6.45, 7) is 0.600. The van der Waals surface area contributed by atoms with Gasteiger partial charge >= 0.3 is 0 Å². The number of nitrogens with one attached hydrogen (secondary N) is 1. The van der Waals surface area contributed by atoms with Crippen molar-refractivity contribution in [3.05, 3.63) is 69.0 Å². The molecule has 2 heterocycles. The monoisotopic (exact) mass is 375 g/mol. The number of thiophene rings is 1. The Balaban J connectivity index is 1.69. The van der Waals surface area contributed by atoms with Crippen LogP contribution in [0.25, 0.3) is 0 Å². The first kappa shape index (κ1) is 15.0. The number of hydrogen-bond acceptors (Lipinski definition) is 3. The van der Waals surface area contributed by atoms with Crippen molar-refractivity contribution in [3.63, 3.8) is 0 Å². The minimum atomic E-state index is -0.0312. The Morgan fingerprint density at radius 1 is 1.23 bits per heavy atom. The molecule has 0 radical (unpaired) electrons. The Labute approximate surface area is 140 Å². The Morgan fingerprint density at radius 2 is 2.09 bits per heavy atom. The second kappa shape index (κ2) is 6.89. The number of carbonyl (C=O) groups is 1. The van der Waals surface area contributed by atoms with E-state index in [1.807, 2.05) is 47.8 Å². The molecule has 0 aliphatic carbocycles. The lowest BCUT2D eigenvalue weighted by molar-refractivity contribution is -0.115. The quantitative estimate of drug-likeness (QED) is 0.733. The fourth-order valence-corrected chi connectivity index (χ4v) is 3.22. The van der Waals surface area contributed by atoms with E-state index in [1.165, 1.54) is 0 Å². The number of aromatic nitrogens is 2. The van der Waals surface area contributed by atoms with Crippen LogP contribution >= 0.6 is 27.3 Å². The highest BCUT2D eigenvalue weighted by atomic mass is 79.9. The van der Waals surface area contributed by atoms with E-state index in [2.05, 4.69) is 26.3 Å². The standard InChI is InChI=1S/C16H14BrN3OS/c17-14-6-2-1-4-12(14)11-20-15(7-8-18-20)19-16(21)10-13-5-3-9-22-13/h1-9H,10-11H2,(H,19,21). The molecule has 3 rings (SSSR count). The van der Waals surface area contributed by atoms with Gasteiger partial charge in [-0.25, -0.2) is 4.68 Å². The summed E-state index contributed by atoms with van der Waals surface area (Å²) < 4.78 is 2.81. The number of nitrogens with zero attached hydrogens (tertiary/aromatic N) is 2. The molecule has 0 saturated carbocycles. The number of carbonyl (C=O) groups excluding carboxylic acids is 1. The van der Waals surface area contributed by atoms with E-state index in [0.717, 1.165) is 14.9 Å². The van der Waals surface area contributed by atoms with Crippen LogP contribution in [0.4, 0.5) is 5.82 Å². The SMILES string of the molecule is O=C(Cc1cccs1)Nc1ccnn1Cc1ccccc1Br. The molecule has 112 valence electrons. The van der Waals surface area contributed by atoms with Gasteiger partial charge in [-0.1, -0.05) is 40.2 Å². The first-order valence-electron chi connectivity index (χ1n) is 6.80. The van der Waals surface area contributed by atoms with E-state index >= 15 is 0 Å². The Kier molecular flexibility index (Phi) is 4.70. The van der Waals surface area contributed by atoms with Crippen molar-refractivity contribution in [2.24, 2.45) is 0 Å². The van der Waals surface area contributed by atoms with Gasteiger partial charge in [0.25, 0.3) is 0 Å². The summed E-state index contributed by atoms with van der Waals surface area (Å²) in [5, 5.41) is 9.18. The third kappa shape index (κ3) is 3.64. The first-order valence-corrected chi connectivity index (χ1v) is 8.47. The minimum Gasteiger partial charge on any atom is -0.311 e. The lowest BCUT2D eigenvalue weighted by Crippen LogP contribution is -2.17. The third-order valence-corrected chi connectivity index (χ3v) is 4.83. The van der Waals surface area contributed by atoms with Gasteiger partial charge < -0.3 is 5.32 Å².